The number of fused-ring (bicyclic) bond motifs is 1. The van der Waals surface area contributed by atoms with Crippen molar-refractivity contribution in [1.29, 1.82) is 0 Å². The Morgan fingerprint density at radius 2 is 2.19 bits per heavy atom. The molecule has 2 heterocycles. The van der Waals surface area contributed by atoms with E-state index in [1.54, 1.807) is 0 Å². The molecule has 2 rings (SSSR count). The molecule has 0 aliphatic rings. The van der Waals surface area contributed by atoms with Crippen LogP contribution in [0.25, 0.3) is 11.2 Å². The number of rotatable bonds is 5. The van der Waals surface area contributed by atoms with E-state index in [0.29, 0.717) is 0 Å². The van der Waals surface area contributed by atoms with E-state index in [0.717, 1.165) is 41.1 Å². The Hall–Kier alpha value is -1.14. The van der Waals surface area contributed by atoms with Gasteiger partial charge in [0, 0.05) is 6.54 Å². The number of aryl methyl sites for hydroxylation is 1. The van der Waals surface area contributed by atoms with Crippen LogP contribution in [-0.4, -0.2) is 19.5 Å². The smallest absolute Gasteiger partial charge is 0.164 e. The molecule has 0 radical (unpaired) electrons. The van der Waals surface area contributed by atoms with E-state index in [4.69, 9.17) is 5.14 Å². The fourth-order valence-electron chi connectivity index (χ4n) is 1.64. The molecule has 0 aromatic carbocycles. The van der Waals surface area contributed by atoms with E-state index in [9.17, 15) is 0 Å². The van der Waals surface area contributed by atoms with Crippen LogP contribution in [0.5, 0.6) is 0 Å². The second kappa shape index (κ2) is 5.27. The number of nitrogens with two attached hydrogens (primary N) is 1. The Kier molecular flexibility index (Phi) is 3.74. The number of aromatic nitrogens is 4. The SMILES string of the molecule is CCCCCn1cnc2c(SN)ncnc21. The minimum atomic E-state index is 0.735. The highest BCUT2D eigenvalue weighted by atomic mass is 32.2. The molecular weight excluding hydrogens is 222 g/mol. The lowest BCUT2D eigenvalue weighted by Gasteiger charge is -2.02. The molecule has 0 fully saturated rings. The maximum absolute atomic E-state index is 5.52. The average Bonchev–Trinajstić information content (AvgIpc) is 2.73. The van der Waals surface area contributed by atoms with Gasteiger partial charge in [-0.15, -0.1) is 0 Å². The van der Waals surface area contributed by atoms with Crippen molar-refractivity contribution < 1.29 is 0 Å². The van der Waals surface area contributed by atoms with Crippen LogP contribution in [0.3, 0.4) is 0 Å². The van der Waals surface area contributed by atoms with Gasteiger partial charge in [0.15, 0.2) is 5.65 Å². The molecule has 86 valence electrons. The van der Waals surface area contributed by atoms with Gasteiger partial charge in [0.2, 0.25) is 0 Å². The summed E-state index contributed by atoms with van der Waals surface area (Å²) in [7, 11) is 0. The van der Waals surface area contributed by atoms with Gasteiger partial charge in [-0.05, 0) is 18.4 Å². The lowest BCUT2D eigenvalue weighted by molar-refractivity contribution is 0.610. The number of hydrogen-bond acceptors (Lipinski definition) is 5. The van der Waals surface area contributed by atoms with Gasteiger partial charge in [-0.1, -0.05) is 19.8 Å². The first kappa shape index (κ1) is 11.3. The quantitative estimate of drug-likeness (QED) is 0.489. The van der Waals surface area contributed by atoms with Crippen molar-refractivity contribution in [1.82, 2.24) is 19.5 Å². The van der Waals surface area contributed by atoms with Gasteiger partial charge in [0.25, 0.3) is 0 Å². The molecule has 5 nitrogen and oxygen atoms in total. The maximum atomic E-state index is 5.52. The third-order valence-electron chi connectivity index (χ3n) is 2.48. The molecule has 16 heavy (non-hydrogen) atoms. The highest BCUT2D eigenvalue weighted by molar-refractivity contribution is 7.97. The van der Waals surface area contributed by atoms with Crippen molar-refractivity contribution >= 4 is 23.1 Å². The molecule has 0 atom stereocenters. The summed E-state index contributed by atoms with van der Waals surface area (Å²) in [6.07, 6.45) is 6.94. The normalized spacial score (nSPS) is 11.1. The van der Waals surface area contributed by atoms with Gasteiger partial charge in [-0.3, -0.25) is 5.14 Å². The molecule has 0 spiro atoms. The molecule has 6 heteroatoms. The molecule has 2 aromatic heterocycles. The van der Waals surface area contributed by atoms with E-state index < -0.39 is 0 Å². The molecule has 0 bridgehead atoms. The zero-order chi connectivity index (χ0) is 11.4. The summed E-state index contributed by atoms with van der Waals surface area (Å²) in [5.41, 5.74) is 1.67. The van der Waals surface area contributed by atoms with Gasteiger partial charge in [-0.2, -0.15) is 0 Å². The Morgan fingerprint density at radius 1 is 1.31 bits per heavy atom. The van der Waals surface area contributed by atoms with Crippen LogP contribution >= 0.6 is 11.9 Å². The topological polar surface area (TPSA) is 69.6 Å². The molecular formula is C10H15N5S. The number of hydrogen-bond donors (Lipinski definition) is 1. The zero-order valence-electron chi connectivity index (χ0n) is 9.26. The summed E-state index contributed by atoms with van der Waals surface area (Å²) in [5, 5.41) is 6.26. The van der Waals surface area contributed by atoms with E-state index in [1.165, 1.54) is 19.2 Å². The third-order valence-corrected chi connectivity index (χ3v) is 3.00. The summed E-state index contributed by atoms with van der Waals surface area (Å²) >= 11 is 1.11. The van der Waals surface area contributed by atoms with E-state index >= 15 is 0 Å². The van der Waals surface area contributed by atoms with Gasteiger partial charge in [-0.25, -0.2) is 15.0 Å². The van der Waals surface area contributed by atoms with Crippen molar-refractivity contribution in [3.8, 4) is 0 Å². The third kappa shape index (κ3) is 2.17. The summed E-state index contributed by atoms with van der Waals surface area (Å²) in [6.45, 7) is 3.15. The standard InChI is InChI=1S/C10H15N5S/c1-2-3-4-5-15-7-14-8-9(15)12-6-13-10(8)16-11/h6-7H,2-5,11H2,1H3. The van der Waals surface area contributed by atoms with Crippen LogP contribution < -0.4 is 5.14 Å². The highest BCUT2D eigenvalue weighted by Crippen LogP contribution is 2.19. The molecule has 0 saturated heterocycles. The predicted molar refractivity (Wildman–Crippen MR) is 64.9 cm³/mol. The largest absolute Gasteiger partial charge is 0.315 e. The lowest BCUT2D eigenvalue weighted by Crippen LogP contribution is -1.98. The number of imidazole rings is 1. The van der Waals surface area contributed by atoms with E-state index in [2.05, 4.69) is 26.4 Å². The first-order valence-corrected chi connectivity index (χ1v) is 6.27. The number of unbranched alkanes of at least 4 members (excludes halogenated alkanes) is 2. The minimum absolute atomic E-state index is 0.735. The minimum Gasteiger partial charge on any atom is -0.315 e. The average molecular weight is 237 g/mol. The Balaban J connectivity index is 2.27. The van der Waals surface area contributed by atoms with Gasteiger partial charge < -0.3 is 4.57 Å². The molecule has 0 aliphatic heterocycles. The van der Waals surface area contributed by atoms with E-state index in [-0.39, 0.29) is 0 Å². The van der Waals surface area contributed by atoms with Gasteiger partial charge in [0.05, 0.1) is 6.33 Å². The molecule has 0 unspecified atom stereocenters. The lowest BCUT2D eigenvalue weighted by atomic mass is 10.2. The van der Waals surface area contributed by atoms with Crippen LogP contribution in [0.2, 0.25) is 0 Å². The summed E-state index contributed by atoms with van der Waals surface area (Å²) < 4.78 is 2.06. The molecule has 2 N–H and O–H groups in total. The van der Waals surface area contributed by atoms with Gasteiger partial charge in [0.1, 0.15) is 16.9 Å². The predicted octanol–water partition coefficient (Wildman–Crippen LogP) is 1.98. The van der Waals surface area contributed by atoms with Crippen LogP contribution in [0.15, 0.2) is 17.7 Å². The molecule has 0 amide bonds. The number of nitrogens with zero attached hydrogens (tertiary/aromatic N) is 4. The summed E-state index contributed by atoms with van der Waals surface area (Å²) in [5.74, 6) is 0. The Labute approximate surface area is 98.6 Å². The van der Waals surface area contributed by atoms with Crippen molar-refractivity contribution in [2.24, 2.45) is 5.14 Å². The first-order chi connectivity index (χ1) is 7.86. The van der Waals surface area contributed by atoms with E-state index in [1.807, 2.05) is 6.33 Å². The molecule has 0 aliphatic carbocycles. The second-order valence-electron chi connectivity index (χ2n) is 3.61. The Morgan fingerprint density at radius 3 is 2.94 bits per heavy atom. The highest BCUT2D eigenvalue weighted by Gasteiger charge is 2.08. The van der Waals surface area contributed by atoms with Crippen molar-refractivity contribution in [3.63, 3.8) is 0 Å². The van der Waals surface area contributed by atoms with Crippen LogP contribution in [0.1, 0.15) is 26.2 Å². The summed E-state index contributed by atoms with van der Waals surface area (Å²) in [6, 6.07) is 0. The molecule has 2 aromatic rings. The Bertz CT molecular complexity index is 467. The van der Waals surface area contributed by atoms with Crippen LogP contribution in [0.4, 0.5) is 0 Å². The monoisotopic (exact) mass is 237 g/mol. The first-order valence-electron chi connectivity index (χ1n) is 5.39. The maximum Gasteiger partial charge on any atom is 0.164 e. The van der Waals surface area contributed by atoms with Gasteiger partial charge >= 0.3 is 0 Å². The van der Waals surface area contributed by atoms with Crippen LogP contribution in [-0.2, 0) is 6.54 Å². The zero-order valence-corrected chi connectivity index (χ0v) is 10.1. The fraction of sp³-hybridized carbons (Fsp3) is 0.500. The molecule has 0 saturated carbocycles. The van der Waals surface area contributed by atoms with Crippen LogP contribution in [0, 0.1) is 0 Å². The second-order valence-corrected chi connectivity index (χ2v) is 4.24. The van der Waals surface area contributed by atoms with Crippen molar-refractivity contribution in [2.75, 3.05) is 0 Å². The van der Waals surface area contributed by atoms with Crippen molar-refractivity contribution in [3.05, 3.63) is 12.7 Å². The van der Waals surface area contributed by atoms with Crippen molar-refractivity contribution in [2.45, 2.75) is 37.8 Å². The summed E-state index contributed by atoms with van der Waals surface area (Å²) in [4.78, 5) is 12.6. The fourth-order valence-corrected chi connectivity index (χ4v) is 2.00.